The van der Waals surface area contributed by atoms with Gasteiger partial charge in [0.15, 0.2) is 0 Å². The van der Waals surface area contributed by atoms with Gasteiger partial charge >= 0.3 is 5.97 Å². The van der Waals surface area contributed by atoms with E-state index in [1.54, 1.807) is 0 Å². The molecular formula is C7H6N2O3S2. The first kappa shape index (κ1) is 9.60. The van der Waals surface area contributed by atoms with Gasteiger partial charge in [-0.3, -0.25) is 9.69 Å². The van der Waals surface area contributed by atoms with Gasteiger partial charge in [-0.15, -0.1) is 11.8 Å². The lowest BCUT2D eigenvalue weighted by molar-refractivity contribution is -0.139. The lowest BCUT2D eigenvalue weighted by Crippen LogP contribution is -2.61. The number of carbonyl (C=O) groups is 2. The predicted molar refractivity (Wildman–Crippen MR) is 55.2 cm³/mol. The van der Waals surface area contributed by atoms with E-state index in [9.17, 15) is 9.59 Å². The van der Waals surface area contributed by atoms with Crippen LogP contribution in [0, 0.1) is 0 Å². The first-order chi connectivity index (χ1) is 6.66. The van der Waals surface area contributed by atoms with E-state index < -0.39 is 5.97 Å². The molecule has 0 aromatic carbocycles. The van der Waals surface area contributed by atoms with E-state index in [2.05, 4.69) is 17.2 Å². The summed E-state index contributed by atoms with van der Waals surface area (Å²) in [5.41, 5.74) is 0.365. The zero-order chi connectivity index (χ0) is 10.3. The number of nitrogens with zero attached hydrogens (tertiary/aromatic N) is 2. The number of hydrogen-bond donors (Lipinski definition) is 2. The van der Waals surface area contributed by atoms with Gasteiger partial charge < -0.3 is 5.11 Å². The highest BCUT2D eigenvalue weighted by molar-refractivity contribution is 8.01. The Morgan fingerprint density at radius 1 is 1.79 bits per heavy atom. The Morgan fingerprint density at radius 2 is 2.50 bits per heavy atom. The van der Waals surface area contributed by atoms with Crippen molar-refractivity contribution in [3.8, 4) is 0 Å². The topological polar surface area (TPSA) is 70.0 Å². The van der Waals surface area contributed by atoms with Crippen LogP contribution in [0.5, 0.6) is 0 Å². The number of aliphatic carboxylic acids is 1. The summed E-state index contributed by atoms with van der Waals surface area (Å²) in [7, 11) is 0. The molecule has 74 valence electrons. The van der Waals surface area contributed by atoms with Crippen LogP contribution in [0.25, 0.3) is 0 Å². The van der Waals surface area contributed by atoms with Gasteiger partial charge in [0, 0.05) is 5.75 Å². The minimum atomic E-state index is -1.08. The standard InChI is InChI=1S/C7H6N2O3S2/c10-5-4(8-13)6-9(5)3(7(11)12)1-2-14-6/h1,6,13H,2H2,(H,11,12)/t6-/m0/s1. The molecule has 0 aliphatic carbocycles. The average Bonchev–Trinajstić information content (AvgIpc) is 2.16. The fourth-order valence-corrected chi connectivity index (χ4v) is 2.76. The van der Waals surface area contributed by atoms with Crippen LogP contribution in [0.2, 0.25) is 0 Å². The van der Waals surface area contributed by atoms with Gasteiger partial charge in [0.2, 0.25) is 0 Å². The summed E-state index contributed by atoms with van der Waals surface area (Å²) in [5, 5.41) is 8.54. The molecule has 0 unspecified atom stereocenters. The van der Waals surface area contributed by atoms with Crippen LogP contribution in [0.3, 0.4) is 0 Å². The number of carbonyl (C=O) groups excluding carboxylic acids is 1. The zero-order valence-electron chi connectivity index (χ0n) is 6.88. The molecule has 0 bridgehead atoms. The molecular weight excluding hydrogens is 224 g/mol. The quantitative estimate of drug-likeness (QED) is 0.497. The molecule has 2 aliphatic heterocycles. The normalized spacial score (nSPS) is 28.2. The van der Waals surface area contributed by atoms with Crippen LogP contribution in [0.1, 0.15) is 0 Å². The van der Waals surface area contributed by atoms with Gasteiger partial charge in [-0.1, -0.05) is 0 Å². The van der Waals surface area contributed by atoms with Crippen molar-refractivity contribution in [2.24, 2.45) is 4.40 Å². The number of thiol groups is 1. The van der Waals surface area contributed by atoms with Crippen molar-refractivity contribution in [3.05, 3.63) is 11.8 Å². The molecule has 1 saturated heterocycles. The Morgan fingerprint density at radius 3 is 3.07 bits per heavy atom. The first-order valence-electron chi connectivity index (χ1n) is 3.77. The lowest BCUT2D eigenvalue weighted by atomic mass is 10.1. The molecule has 2 heterocycles. The molecule has 7 heteroatoms. The van der Waals surface area contributed by atoms with Crippen molar-refractivity contribution in [1.82, 2.24) is 4.90 Å². The third-order valence-corrected chi connectivity index (χ3v) is 3.35. The third kappa shape index (κ3) is 1.16. The van der Waals surface area contributed by atoms with Crippen molar-refractivity contribution < 1.29 is 14.7 Å². The van der Waals surface area contributed by atoms with E-state index in [4.69, 9.17) is 5.11 Å². The minimum Gasteiger partial charge on any atom is -0.477 e. The number of carboxylic acid groups (broad SMARTS) is 1. The van der Waals surface area contributed by atoms with Crippen LogP contribution in [0.4, 0.5) is 0 Å². The highest BCUT2D eigenvalue weighted by Gasteiger charge is 2.49. The fraction of sp³-hybridized carbons (Fsp3) is 0.286. The smallest absolute Gasteiger partial charge is 0.352 e. The van der Waals surface area contributed by atoms with Crippen molar-refractivity contribution in [1.29, 1.82) is 0 Å². The Labute approximate surface area is 89.4 Å². The van der Waals surface area contributed by atoms with Crippen LogP contribution in [-0.2, 0) is 9.59 Å². The van der Waals surface area contributed by atoms with Gasteiger partial charge in [0.25, 0.3) is 5.91 Å². The summed E-state index contributed by atoms with van der Waals surface area (Å²) in [6, 6.07) is 0. The third-order valence-electron chi connectivity index (χ3n) is 2.02. The van der Waals surface area contributed by atoms with Gasteiger partial charge in [0.1, 0.15) is 16.8 Å². The van der Waals surface area contributed by atoms with E-state index >= 15 is 0 Å². The Hall–Kier alpha value is -0.950. The molecule has 14 heavy (non-hydrogen) atoms. The number of fused-ring (bicyclic) bond motifs is 1. The Kier molecular flexibility index (Phi) is 2.28. The van der Waals surface area contributed by atoms with Crippen molar-refractivity contribution in [3.63, 3.8) is 0 Å². The van der Waals surface area contributed by atoms with Crippen molar-refractivity contribution in [2.75, 3.05) is 5.75 Å². The van der Waals surface area contributed by atoms with Crippen LogP contribution in [0.15, 0.2) is 16.2 Å². The number of hydrogen-bond acceptors (Lipinski definition) is 5. The highest BCUT2D eigenvalue weighted by Crippen LogP contribution is 2.35. The van der Waals surface area contributed by atoms with E-state index in [0.29, 0.717) is 11.5 Å². The predicted octanol–water partition coefficient (Wildman–Crippen LogP) is 0.156. The molecule has 0 aromatic heterocycles. The lowest BCUT2D eigenvalue weighted by Gasteiger charge is -2.42. The maximum absolute atomic E-state index is 11.4. The average molecular weight is 230 g/mol. The maximum Gasteiger partial charge on any atom is 0.352 e. The second-order valence-electron chi connectivity index (χ2n) is 2.74. The van der Waals surface area contributed by atoms with E-state index in [1.165, 1.54) is 22.7 Å². The largest absolute Gasteiger partial charge is 0.477 e. The maximum atomic E-state index is 11.4. The van der Waals surface area contributed by atoms with Crippen LogP contribution in [-0.4, -0.2) is 38.7 Å². The van der Waals surface area contributed by atoms with E-state index in [0.717, 1.165) is 0 Å². The number of amides is 1. The summed E-state index contributed by atoms with van der Waals surface area (Å²) < 4.78 is 3.53. The summed E-state index contributed by atoms with van der Waals surface area (Å²) >= 11 is 5.12. The Balaban J connectivity index is 2.32. The molecule has 1 amide bonds. The molecule has 2 aliphatic rings. The molecule has 2 rings (SSSR count). The monoisotopic (exact) mass is 230 g/mol. The molecule has 5 nitrogen and oxygen atoms in total. The highest BCUT2D eigenvalue weighted by atomic mass is 32.2. The van der Waals surface area contributed by atoms with Crippen LogP contribution < -0.4 is 0 Å². The second-order valence-corrected chi connectivity index (χ2v) is 4.05. The summed E-state index contributed by atoms with van der Waals surface area (Å²) in [6.07, 6.45) is 1.52. The molecule has 1 fully saturated rings. The van der Waals surface area contributed by atoms with Gasteiger partial charge in [-0.05, 0) is 18.9 Å². The van der Waals surface area contributed by atoms with Crippen LogP contribution >= 0.6 is 24.6 Å². The Bertz CT molecular complexity index is 377. The fourth-order valence-electron chi connectivity index (χ4n) is 1.38. The SMILES string of the molecule is O=C(O)C1=CCS[C@H]2C(=NS)C(=O)N12. The molecule has 0 spiro atoms. The molecule has 0 saturated carbocycles. The number of β-lactam (4-membered cyclic amide) rings is 1. The second kappa shape index (κ2) is 3.32. The first-order valence-corrected chi connectivity index (χ1v) is 5.22. The van der Waals surface area contributed by atoms with Gasteiger partial charge in [-0.25, -0.2) is 9.19 Å². The number of thioether (sulfide) groups is 1. The molecule has 0 radical (unpaired) electrons. The minimum absolute atomic E-state index is 0.0412. The van der Waals surface area contributed by atoms with Gasteiger partial charge in [0.05, 0.1) is 0 Å². The summed E-state index contributed by atoms with van der Waals surface area (Å²) in [4.78, 5) is 23.4. The number of carboxylic acids is 1. The van der Waals surface area contributed by atoms with Crippen molar-refractivity contribution >= 4 is 42.2 Å². The summed E-state index contributed by atoms with van der Waals surface area (Å²) in [6.45, 7) is 0. The molecule has 1 N–H and O–H groups in total. The zero-order valence-corrected chi connectivity index (χ0v) is 8.59. The molecule has 0 aromatic rings. The van der Waals surface area contributed by atoms with Crippen molar-refractivity contribution in [2.45, 2.75) is 5.37 Å². The van der Waals surface area contributed by atoms with E-state index in [-0.39, 0.29) is 17.0 Å². The number of rotatable bonds is 1. The van der Waals surface area contributed by atoms with Gasteiger partial charge in [-0.2, -0.15) is 0 Å². The molecule has 1 atom stereocenters. The van der Waals surface area contributed by atoms with E-state index in [1.807, 2.05) is 0 Å². The summed E-state index contributed by atoms with van der Waals surface area (Å²) in [5.74, 6) is -0.879.